The fourth-order valence-electron chi connectivity index (χ4n) is 4.92. The summed E-state index contributed by atoms with van der Waals surface area (Å²) in [6.07, 6.45) is 2.52. The fraction of sp³-hybridized carbons (Fsp3) is 0.375. The van der Waals surface area contributed by atoms with Crippen molar-refractivity contribution in [2.75, 3.05) is 11.9 Å². The van der Waals surface area contributed by atoms with Gasteiger partial charge in [0, 0.05) is 25.0 Å². The molecule has 6 rings (SSSR count). The molecule has 2 bridgehead atoms. The van der Waals surface area contributed by atoms with E-state index in [1.807, 2.05) is 6.92 Å². The highest BCUT2D eigenvalue weighted by molar-refractivity contribution is 5.98. The summed E-state index contributed by atoms with van der Waals surface area (Å²) in [6, 6.07) is 3.71. The van der Waals surface area contributed by atoms with Gasteiger partial charge in [0.1, 0.15) is 11.5 Å². The molecule has 35 heavy (non-hydrogen) atoms. The highest BCUT2D eigenvalue weighted by Crippen LogP contribution is 2.38. The first kappa shape index (κ1) is 23.1. The number of nitrogens with one attached hydrogen (secondary N) is 1. The average Bonchev–Trinajstić information content (AvgIpc) is 2.84. The van der Waals surface area contributed by atoms with Crippen molar-refractivity contribution in [2.45, 2.75) is 44.4 Å². The summed E-state index contributed by atoms with van der Waals surface area (Å²) >= 11 is 0. The highest BCUT2D eigenvalue weighted by atomic mass is 19.4. The SMILES string of the molecule is Cc1cnc(C(=O)N2CC3CC[C@H]2[C@H](Nc2ccc(C(F)(F)F)cn2)C3)c(-c2ncc(F)cn2)c1. The van der Waals surface area contributed by atoms with Gasteiger partial charge in [0.15, 0.2) is 11.6 Å². The van der Waals surface area contributed by atoms with Gasteiger partial charge in [-0.15, -0.1) is 0 Å². The topological polar surface area (TPSA) is 83.9 Å². The Kier molecular flexibility index (Phi) is 5.86. The van der Waals surface area contributed by atoms with E-state index in [0.29, 0.717) is 17.9 Å². The number of hydrogen-bond donors (Lipinski definition) is 1. The lowest BCUT2D eigenvalue weighted by Gasteiger charge is -2.50. The number of aromatic nitrogens is 4. The molecular weight excluding hydrogens is 464 g/mol. The molecule has 0 radical (unpaired) electrons. The highest BCUT2D eigenvalue weighted by Gasteiger charge is 2.44. The van der Waals surface area contributed by atoms with E-state index in [0.717, 1.165) is 49.5 Å². The van der Waals surface area contributed by atoms with Crippen LogP contribution in [0, 0.1) is 18.7 Å². The maximum Gasteiger partial charge on any atom is 0.417 e. The van der Waals surface area contributed by atoms with E-state index in [-0.39, 0.29) is 35.4 Å². The molecule has 182 valence electrons. The minimum absolute atomic E-state index is 0.161. The summed E-state index contributed by atoms with van der Waals surface area (Å²) in [6.45, 7) is 2.38. The van der Waals surface area contributed by atoms with Crippen molar-refractivity contribution in [3.8, 4) is 11.4 Å². The van der Waals surface area contributed by atoms with Crippen LogP contribution in [0.1, 0.15) is 40.9 Å². The number of carbonyl (C=O) groups is 1. The molecule has 3 fully saturated rings. The Bertz CT molecular complexity index is 1230. The van der Waals surface area contributed by atoms with Crippen LogP contribution in [0.4, 0.5) is 23.4 Å². The molecule has 3 atom stereocenters. The summed E-state index contributed by atoms with van der Waals surface area (Å²) in [5, 5.41) is 3.23. The number of fused-ring (bicyclic) bond motifs is 3. The largest absolute Gasteiger partial charge is 0.417 e. The maximum atomic E-state index is 13.7. The molecule has 3 aromatic heterocycles. The third-order valence-electron chi connectivity index (χ3n) is 6.55. The third-order valence-corrected chi connectivity index (χ3v) is 6.55. The molecule has 3 aromatic rings. The van der Waals surface area contributed by atoms with Gasteiger partial charge in [0.2, 0.25) is 0 Å². The summed E-state index contributed by atoms with van der Waals surface area (Å²) in [7, 11) is 0. The quantitative estimate of drug-likeness (QED) is 0.547. The molecule has 2 aliphatic heterocycles. The number of rotatable bonds is 4. The van der Waals surface area contributed by atoms with Gasteiger partial charge in [-0.1, -0.05) is 0 Å². The predicted octanol–water partition coefficient (Wildman–Crippen LogP) is 4.51. The van der Waals surface area contributed by atoms with E-state index in [9.17, 15) is 22.4 Å². The van der Waals surface area contributed by atoms with Crippen LogP contribution in [0.2, 0.25) is 0 Å². The summed E-state index contributed by atoms with van der Waals surface area (Å²) < 4.78 is 51.9. The minimum Gasteiger partial charge on any atom is -0.365 e. The van der Waals surface area contributed by atoms with E-state index in [2.05, 4.69) is 25.3 Å². The second-order valence-corrected chi connectivity index (χ2v) is 9.02. The Hall–Kier alpha value is -3.63. The van der Waals surface area contributed by atoms with Gasteiger partial charge in [-0.05, 0) is 55.9 Å². The van der Waals surface area contributed by atoms with Gasteiger partial charge in [0.05, 0.1) is 29.6 Å². The molecule has 1 saturated carbocycles. The van der Waals surface area contributed by atoms with Gasteiger partial charge in [-0.2, -0.15) is 13.2 Å². The Morgan fingerprint density at radius 3 is 2.49 bits per heavy atom. The number of alkyl halides is 3. The lowest BCUT2D eigenvalue weighted by molar-refractivity contribution is -0.137. The summed E-state index contributed by atoms with van der Waals surface area (Å²) in [5.74, 6) is -0.0868. The molecule has 1 unspecified atom stereocenters. The van der Waals surface area contributed by atoms with Crippen molar-refractivity contribution < 1.29 is 22.4 Å². The first-order chi connectivity index (χ1) is 16.7. The van der Waals surface area contributed by atoms with Crippen molar-refractivity contribution in [2.24, 2.45) is 5.92 Å². The van der Waals surface area contributed by atoms with Crippen LogP contribution in [-0.2, 0) is 6.18 Å². The van der Waals surface area contributed by atoms with E-state index in [1.165, 1.54) is 6.07 Å². The Morgan fingerprint density at radius 2 is 1.83 bits per heavy atom. The predicted molar refractivity (Wildman–Crippen MR) is 119 cm³/mol. The zero-order chi connectivity index (χ0) is 24.7. The van der Waals surface area contributed by atoms with Crippen LogP contribution in [0.25, 0.3) is 11.4 Å². The van der Waals surface area contributed by atoms with Crippen molar-refractivity contribution in [3.63, 3.8) is 0 Å². The van der Waals surface area contributed by atoms with E-state index in [4.69, 9.17) is 0 Å². The normalized spacial score (nSPS) is 21.7. The lowest BCUT2D eigenvalue weighted by atomic mass is 9.76. The Labute approximate surface area is 198 Å². The molecule has 0 spiro atoms. The van der Waals surface area contributed by atoms with Crippen LogP contribution in [0.3, 0.4) is 0 Å². The van der Waals surface area contributed by atoms with E-state index >= 15 is 0 Å². The fourth-order valence-corrected chi connectivity index (χ4v) is 4.92. The maximum absolute atomic E-state index is 13.7. The number of anilines is 1. The molecule has 5 heterocycles. The first-order valence-electron chi connectivity index (χ1n) is 11.2. The van der Waals surface area contributed by atoms with Crippen molar-refractivity contribution in [1.29, 1.82) is 0 Å². The lowest BCUT2D eigenvalue weighted by Crippen LogP contribution is -2.60. The number of hydrogen-bond acceptors (Lipinski definition) is 6. The molecule has 3 aliphatic rings. The first-order valence-corrected chi connectivity index (χ1v) is 11.2. The van der Waals surface area contributed by atoms with Crippen LogP contribution in [0.15, 0.2) is 43.0 Å². The monoisotopic (exact) mass is 486 g/mol. The van der Waals surface area contributed by atoms with Crippen LogP contribution in [0.5, 0.6) is 0 Å². The number of nitrogens with zero attached hydrogens (tertiary/aromatic N) is 5. The van der Waals surface area contributed by atoms with Crippen LogP contribution < -0.4 is 5.32 Å². The summed E-state index contributed by atoms with van der Waals surface area (Å²) in [5.41, 5.74) is 0.593. The van der Waals surface area contributed by atoms with Crippen LogP contribution >= 0.6 is 0 Å². The number of piperidine rings is 2. The number of pyridine rings is 2. The Balaban J connectivity index is 1.40. The van der Waals surface area contributed by atoms with E-state index < -0.39 is 17.6 Å². The third kappa shape index (κ3) is 4.67. The van der Waals surface area contributed by atoms with Crippen molar-refractivity contribution in [3.05, 3.63) is 65.6 Å². The minimum atomic E-state index is -4.45. The molecule has 7 nitrogen and oxygen atoms in total. The standard InChI is InChI=1S/C24H22F4N6O/c1-13-6-17(22-31-10-16(25)11-32-22)21(30-8-13)23(35)34-12-14-2-4-19(34)18(7-14)33-20-5-3-15(9-29-20)24(26,27)28/h3,5-6,8-11,14,18-19H,2,4,7,12H2,1H3,(H,29,33)/t14?,18-,19+/m1/s1. The van der Waals surface area contributed by atoms with E-state index in [1.54, 1.807) is 17.2 Å². The van der Waals surface area contributed by atoms with Gasteiger partial charge >= 0.3 is 6.18 Å². The number of aryl methyl sites for hydroxylation is 1. The molecule has 2 saturated heterocycles. The molecule has 0 aromatic carbocycles. The zero-order valence-electron chi connectivity index (χ0n) is 18.8. The van der Waals surface area contributed by atoms with Crippen molar-refractivity contribution >= 4 is 11.7 Å². The molecule has 1 aliphatic carbocycles. The van der Waals surface area contributed by atoms with Gasteiger partial charge in [-0.25, -0.2) is 19.3 Å². The molecule has 11 heteroatoms. The number of carbonyl (C=O) groups excluding carboxylic acids is 1. The molecular formula is C24H22F4N6O. The van der Waals surface area contributed by atoms with Gasteiger partial charge < -0.3 is 10.2 Å². The summed E-state index contributed by atoms with van der Waals surface area (Å²) in [4.78, 5) is 31.8. The van der Waals surface area contributed by atoms with Gasteiger partial charge in [0.25, 0.3) is 5.91 Å². The Morgan fingerprint density at radius 1 is 1.06 bits per heavy atom. The smallest absolute Gasteiger partial charge is 0.365 e. The van der Waals surface area contributed by atoms with Crippen LogP contribution in [-0.4, -0.2) is 49.4 Å². The second-order valence-electron chi connectivity index (χ2n) is 9.02. The molecule has 1 N–H and O–H groups in total. The van der Waals surface area contributed by atoms with Crippen molar-refractivity contribution in [1.82, 2.24) is 24.8 Å². The number of halogens is 4. The number of amides is 1. The zero-order valence-corrected chi connectivity index (χ0v) is 18.8. The second kappa shape index (κ2) is 8.86. The van der Waals surface area contributed by atoms with Gasteiger partial charge in [-0.3, -0.25) is 9.78 Å². The average molecular weight is 486 g/mol. The molecule has 1 amide bonds.